The molecule has 4 fully saturated rings. The van der Waals surface area contributed by atoms with Crippen LogP contribution in [0.2, 0.25) is 5.02 Å². The molecule has 13 nitrogen and oxygen atoms in total. The van der Waals surface area contributed by atoms with Gasteiger partial charge in [0.1, 0.15) is 58.3 Å². The number of carbonyl (C=O) groups excluding carboxylic acids is 1. The number of rotatable bonds is 5. The van der Waals surface area contributed by atoms with Gasteiger partial charge in [-0.25, -0.2) is 22.9 Å². The molecule has 4 aliphatic rings. The largest absolute Gasteiger partial charge is 0.461 e. The number of aryl methyl sites for hydroxylation is 2. The van der Waals surface area contributed by atoms with Crippen LogP contribution in [0.15, 0.2) is 18.2 Å². The Balaban J connectivity index is 1.12. The number of nitrogen functional groups attached to an aromatic ring is 1. The molecule has 4 aliphatic heterocycles. The molecule has 4 saturated heterocycles. The number of halogens is 4. The molecular weight excluding hydrogens is 745 g/mol. The highest BCUT2D eigenvalue weighted by Crippen LogP contribution is 2.46. The minimum Gasteiger partial charge on any atom is -0.461 e. The van der Waals surface area contributed by atoms with Crippen LogP contribution in [-0.2, 0) is 4.74 Å². The third-order valence-corrected chi connectivity index (χ3v) is 12.4. The molecule has 0 radical (unpaired) electrons. The Labute approximate surface area is 316 Å². The van der Waals surface area contributed by atoms with Gasteiger partial charge in [0.15, 0.2) is 5.82 Å². The number of nitriles is 1. The predicted molar refractivity (Wildman–Crippen MR) is 196 cm³/mol. The molecule has 18 heteroatoms. The minimum absolute atomic E-state index is 0.0117. The second kappa shape index (κ2) is 12.7. The average molecular weight is 779 g/mol. The number of alkyl halides is 1. The van der Waals surface area contributed by atoms with Crippen molar-refractivity contribution < 1.29 is 27.4 Å². The number of anilines is 2. The van der Waals surface area contributed by atoms with E-state index in [4.69, 9.17) is 31.8 Å². The lowest BCUT2D eigenvalue weighted by atomic mass is 9.92. The Morgan fingerprint density at radius 2 is 2.02 bits per heavy atom. The van der Waals surface area contributed by atoms with E-state index in [0.29, 0.717) is 55.5 Å². The van der Waals surface area contributed by atoms with Crippen LogP contribution in [0.4, 0.5) is 28.8 Å². The van der Waals surface area contributed by atoms with Crippen molar-refractivity contribution in [2.45, 2.75) is 50.4 Å². The van der Waals surface area contributed by atoms with Crippen molar-refractivity contribution >= 4 is 60.8 Å². The molecule has 2 atom stereocenters. The zero-order chi connectivity index (χ0) is 37.7. The molecule has 9 rings (SSSR count). The topological polar surface area (TPSA) is 152 Å². The number of benzene rings is 2. The van der Waals surface area contributed by atoms with Crippen LogP contribution in [0.1, 0.15) is 36.5 Å². The van der Waals surface area contributed by atoms with Gasteiger partial charge in [0.2, 0.25) is 0 Å². The number of nitrogens with two attached hydrogens (primary N) is 1. The van der Waals surface area contributed by atoms with E-state index in [2.05, 4.69) is 20.0 Å². The number of likely N-dealkylation sites (tertiary alicyclic amines) is 1. The first-order valence-electron chi connectivity index (χ1n) is 17.6. The number of ether oxygens (including phenoxy) is 2. The van der Waals surface area contributed by atoms with E-state index in [1.807, 2.05) is 11.0 Å². The maximum absolute atomic E-state index is 17.2. The number of nitrogens with zero attached hydrogens (tertiary/aromatic N) is 9. The van der Waals surface area contributed by atoms with Gasteiger partial charge in [-0.3, -0.25) is 4.90 Å². The van der Waals surface area contributed by atoms with Crippen LogP contribution < -0.4 is 15.4 Å². The third kappa shape index (κ3) is 5.44. The van der Waals surface area contributed by atoms with Crippen molar-refractivity contribution in [2.24, 2.45) is 0 Å². The van der Waals surface area contributed by atoms with Gasteiger partial charge in [-0.05, 0) is 50.9 Å². The fourth-order valence-electron chi connectivity index (χ4n) is 8.71. The van der Waals surface area contributed by atoms with Crippen molar-refractivity contribution in [1.29, 1.82) is 5.26 Å². The van der Waals surface area contributed by atoms with Crippen molar-refractivity contribution in [1.82, 2.24) is 34.5 Å². The van der Waals surface area contributed by atoms with E-state index in [-0.39, 0.29) is 74.1 Å². The van der Waals surface area contributed by atoms with E-state index in [0.717, 1.165) is 30.7 Å². The first-order valence-corrected chi connectivity index (χ1v) is 18.8. The summed E-state index contributed by atoms with van der Waals surface area (Å²) in [5.74, 6) is -0.105. The number of carbonyl (C=O) groups is 1. The minimum atomic E-state index is -0.975. The van der Waals surface area contributed by atoms with Gasteiger partial charge in [-0.2, -0.15) is 19.9 Å². The summed E-state index contributed by atoms with van der Waals surface area (Å²) in [4.78, 5) is 32.6. The molecule has 1 amide bonds. The Morgan fingerprint density at radius 1 is 1.20 bits per heavy atom. The number of aromatic nitrogens is 5. The lowest BCUT2D eigenvalue weighted by molar-refractivity contribution is -0.133. The van der Waals surface area contributed by atoms with Crippen LogP contribution in [0, 0.1) is 36.8 Å². The van der Waals surface area contributed by atoms with Crippen molar-refractivity contribution in [2.75, 3.05) is 63.1 Å². The number of hydrogen-bond acceptors (Lipinski definition) is 12. The van der Waals surface area contributed by atoms with E-state index < -0.39 is 28.9 Å². The summed E-state index contributed by atoms with van der Waals surface area (Å²) < 4.78 is 60.7. The van der Waals surface area contributed by atoms with Gasteiger partial charge < -0.3 is 25.0 Å². The quantitative estimate of drug-likeness (QED) is 0.237. The number of hydrogen-bond donors (Lipinski definition) is 1. The van der Waals surface area contributed by atoms with Gasteiger partial charge in [-0.15, -0.1) is 16.4 Å². The summed E-state index contributed by atoms with van der Waals surface area (Å²) in [7, 11) is 0. The van der Waals surface area contributed by atoms with E-state index in [1.165, 1.54) is 16.8 Å². The van der Waals surface area contributed by atoms with Gasteiger partial charge in [0.05, 0.1) is 47.1 Å². The van der Waals surface area contributed by atoms with Crippen molar-refractivity contribution in [3.05, 3.63) is 52.1 Å². The summed E-state index contributed by atoms with van der Waals surface area (Å²) in [6.45, 7) is 6.17. The molecule has 7 heterocycles. The molecule has 1 spiro atoms. The van der Waals surface area contributed by atoms with Crippen molar-refractivity contribution in [3.8, 4) is 23.2 Å². The first kappa shape index (κ1) is 35.0. The molecule has 2 N–H and O–H groups in total. The third-order valence-electron chi connectivity index (χ3n) is 11.1. The highest BCUT2D eigenvalue weighted by molar-refractivity contribution is 7.23. The van der Waals surface area contributed by atoms with E-state index in [1.54, 1.807) is 24.8 Å². The van der Waals surface area contributed by atoms with Crippen LogP contribution >= 0.6 is 22.9 Å². The molecule has 3 aromatic heterocycles. The zero-order valence-corrected chi connectivity index (χ0v) is 30.9. The monoisotopic (exact) mass is 778 g/mol. The highest BCUT2D eigenvalue weighted by Gasteiger charge is 2.51. The van der Waals surface area contributed by atoms with Gasteiger partial charge in [0, 0.05) is 35.8 Å². The molecule has 54 heavy (non-hydrogen) atoms. The predicted octanol–water partition coefficient (Wildman–Crippen LogP) is 5.62. The van der Waals surface area contributed by atoms with Crippen LogP contribution in [0.3, 0.4) is 0 Å². The summed E-state index contributed by atoms with van der Waals surface area (Å²) in [5.41, 5.74) is 4.86. The van der Waals surface area contributed by atoms with E-state index in [9.17, 15) is 18.8 Å². The number of fused-ring (bicyclic) bond motifs is 3. The van der Waals surface area contributed by atoms with Crippen LogP contribution in [0.5, 0.6) is 6.01 Å². The van der Waals surface area contributed by atoms with Crippen LogP contribution in [-0.4, -0.2) is 110 Å². The molecule has 2 aromatic carbocycles. The van der Waals surface area contributed by atoms with Gasteiger partial charge in [0.25, 0.3) is 0 Å². The Kier molecular flexibility index (Phi) is 8.19. The standard InChI is InChI=1S/C36H34ClF3N10O3S/c1-18-43-19(2)50(46-18)34(51)48-15-36(16-48)14-47(8-9-53-36)32-22-10-24(37)27(21-4-5-25(39)30-26(21)23(12-41)31(42)54-30)28(40)29(22)44-33(45-32)52-17-35-6-3-7-49(35)13-20(38)11-35/h4-5,10,20H,3,6-9,11,13-17,42H2,1-2H3/t20-,35+/m1/s1. The SMILES string of the molecule is Cc1nc(C)n(C(=O)N2CC3(C2)CN(c2nc(OC[C@@]45CCCN4C[C@H](F)C5)nc4c(F)c(-c5ccc(F)c6sc(N)c(C#N)c56)c(Cl)cc24)CCO3)n1. The van der Waals surface area contributed by atoms with E-state index >= 15 is 4.39 Å². The van der Waals surface area contributed by atoms with Crippen LogP contribution in [0.25, 0.3) is 32.1 Å². The maximum Gasteiger partial charge on any atom is 0.346 e. The van der Waals surface area contributed by atoms with Crippen molar-refractivity contribution in [3.63, 3.8) is 0 Å². The number of amides is 1. The molecule has 280 valence electrons. The summed E-state index contributed by atoms with van der Waals surface area (Å²) in [5, 5.41) is 14.7. The lowest BCUT2D eigenvalue weighted by Gasteiger charge is -2.53. The summed E-state index contributed by atoms with van der Waals surface area (Å²) >= 11 is 7.81. The molecule has 0 saturated carbocycles. The Bertz CT molecular complexity index is 2430. The highest BCUT2D eigenvalue weighted by atomic mass is 35.5. The zero-order valence-electron chi connectivity index (χ0n) is 29.3. The fourth-order valence-corrected chi connectivity index (χ4v) is 9.95. The second-order valence-corrected chi connectivity index (χ2v) is 16.1. The smallest absolute Gasteiger partial charge is 0.346 e. The number of thiophene rings is 1. The molecular formula is C36H34ClF3N10O3S. The average Bonchev–Trinajstić information content (AvgIpc) is 3.86. The summed E-state index contributed by atoms with van der Waals surface area (Å²) in [6, 6.07) is 5.73. The van der Waals surface area contributed by atoms with Gasteiger partial charge in [-0.1, -0.05) is 17.7 Å². The molecule has 0 aliphatic carbocycles. The normalized spacial score (nSPS) is 22.3. The Morgan fingerprint density at radius 3 is 2.78 bits per heavy atom. The second-order valence-electron chi connectivity index (χ2n) is 14.6. The molecule has 5 aromatic rings. The summed E-state index contributed by atoms with van der Waals surface area (Å²) in [6.07, 6.45) is 1.01. The molecule has 0 bridgehead atoms. The van der Waals surface area contributed by atoms with Gasteiger partial charge >= 0.3 is 12.0 Å². The first-order chi connectivity index (χ1) is 25.9. The maximum atomic E-state index is 17.2. The Hall–Kier alpha value is -4.76. The number of morpholine rings is 1. The lowest BCUT2D eigenvalue weighted by Crippen LogP contribution is -2.71. The molecule has 0 unspecified atom stereocenters. The fraction of sp³-hybridized carbons (Fsp3) is 0.444.